The number of rotatable bonds is 12. The average Bonchev–Trinajstić information content (AvgIpc) is 2.31. The van der Waals surface area contributed by atoms with E-state index < -0.39 is 0 Å². The Morgan fingerprint density at radius 3 is 1.62 bits per heavy atom. The molecule has 98 valence electrons. The highest BCUT2D eigenvalue weighted by Crippen LogP contribution is 2.14. The summed E-state index contributed by atoms with van der Waals surface area (Å²) in [6.45, 7) is 4.62. The number of unbranched alkanes of at least 4 members (excludes halogenated alkanes) is 9. The molecule has 0 amide bonds. The monoisotopic (exact) mass is 290 g/mol. The molecule has 0 aromatic rings. The zero-order chi connectivity index (χ0) is 12.1. The molecule has 1 atom stereocenters. The van der Waals surface area contributed by atoms with Crippen LogP contribution in [0.3, 0.4) is 0 Å². The van der Waals surface area contributed by atoms with Crippen LogP contribution < -0.4 is 0 Å². The van der Waals surface area contributed by atoms with Crippen LogP contribution in [0.1, 0.15) is 84.5 Å². The first-order valence-corrected chi connectivity index (χ1v) is 8.49. The highest BCUT2D eigenvalue weighted by atomic mass is 79.9. The van der Waals surface area contributed by atoms with Crippen molar-refractivity contribution < 1.29 is 0 Å². The Bertz CT molecular complexity index is 123. The maximum Gasteiger partial charge on any atom is 0.00570 e. The largest absolute Gasteiger partial charge is 0.0925 e. The van der Waals surface area contributed by atoms with E-state index in [1.54, 1.807) is 0 Å². The molecule has 16 heavy (non-hydrogen) atoms. The minimum absolute atomic E-state index is 0.869. The summed E-state index contributed by atoms with van der Waals surface area (Å²) in [4.78, 5) is 0. The number of hydrogen-bond donors (Lipinski definition) is 0. The first-order chi connectivity index (χ1) is 7.81. The summed E-state index contributed by atoms with van der Waals surface area (Å²) in [6, 6.07) is 0. The van der Waals surface area contributed by atoms with Gasteiger partial charge in [-0.15, -0.1) is 0 Å². The van der Waals surface area contributed by atoms with Crippen LogP contribution >= 0.6 is 15.9 Å². The molecule has 0 aliphatic carbocycles. The molecule has 0 aliphatic rings. The van der Waals surface area contributed by atoms with Crippen LogP contribution in [0.15, 0.2) is 0 Å². The molecular formula is C15H31Br. The van der Waals surface area contributed by atoms with Crippen molar-refractivity contribution in [2.75, 3.05) is 5.33 Å². The molecule has 0 unspecified atom stereocenters. The highest BCUT2D eigenvalue weighted by Gasteiger charge is 1.98. The number of hydrogen-bond acceptors (Lipinski definition) is 0. The summed E-state index contributed by atoms with van der Waals surface area (Å²) in [5.41, 5.74) is 0. The SMILES string of the molecule is CCCCCCCCCCCC[C@@H](C)CBr. The molecule has 0 spiro atoms. The van der Waals surface area contributed by atoms with Crippen molar-refractivity contribution in [1.82, 2.24) is 0 Å². The standard InChI is InChI=1S/C15H31Br/c1-3-4-5-6-7-8-9-10-11-12-13-15(2)14-16/h15H,3-14H2,1-2H3/t15-/m1/s1. The van der Waals surface area contributed by atoms with E-state index in [1.807, 2.05) is 0 Å². The maximum absolute atomic E-state index is 3.54. The molecule has 0 nitrogen and oxygen atoms in total. The average molecular weight is 291 g/mol. The molecule has 0 aromatic heterocycles. The van der Waals surface area contributed by atoms with Crippen molar-refractivity contribution in [2.45, 2.75) is 84.5 Å². The van der Waals surface area contributed by atoms with Crippen molar-refractivity contribution >= 4 is 15.9 Å². The Morgan fingerprint density at radius 2 is 1.19 bits per heavy atom. The predicted octanol–water partition coefficient (Wildman–Crippen LogP) is 6.33. The van der Waals surface area contributed by atoms with Gasteiger partial charge in [0.2, 0.25) is 0 Å². The van der Waals surface area contributed by atoms with E-state index in [1.165, 1.54) is 76.0 Å². The molecule has 0 saturated carbocycles. The quantitative estimate of drug-likeness (QED) is 0.291. The third-order valence-electron chi connectivity index (χ3n) is 3.31. The summed E-state index contributed by atoms with van der Waals surface area (Å²) in [5, 5.41) is 1.17. The smallest absolute Gasteiger partial charge is 0.00570 e. The first-order valence-electron chi connectivity index (χ1n) is 7.37. The fourth-order valence-electron chi connectivity index (χ4n) is 2.06. The van der Waals surface area contributed by atoms with Crippen LogP contribution in [0.2, 0.25) is 0 Å². The summed E-state index contributed by atoms with van der Waals surface area (Å²) < 4.78 is 0. The second kappa shape index (κ2) is 13.5. The van der Waals surface area contributed by atoms with Crippen LogP contribution in [-0.4, -0.2) is 5.33 Å². The highest BCUT2D eigenvalue weighted by molar-refractivity contribution is 9.09. The van der Waals surface area contributed by atoms with Gasteiger partial charge in [-0.2, -0.15) is 0 Å². The van der Waals surface area contributed by atoms with E-state index in [0.29, 0.717) is 0 Å². The van der Waals surface area contributed by atoms with Crippen molar-refractivity contribution in [3.05, 3.63) is 0 Å². The lowest BCUT2D eigenvalue weighted by molar-refractivity contribution is 0.511. The fourth-order valence-corrected chi connectivity index (χ4v) is 2.38. The van der Waals surface area contributed by atoms with Gasteiger partial charge in [0.25, 0.3) is 0 Å². The summed E-state index contributed by atoms with van der Waals surface area (Å²) in [7, 11) is 0. The van der Waals surface area contributed by atoms with Gasteiger partial charge in [-0.3, -0.25) is 0 Å². The first kappa shape index (κ1) is 16.5. The van der Waals surface area contributed by atoms with Crippen LogP contribution in [0, 0.1) is 5.92 Å². The number of alkyl halides is 1. The van der Waals surface area contributed by atoms with Gasteiger partial charge in [-0.25, -0.2) is 0 Å². The fraction of sp³-hybridized carbons (Fsp3) is 1.00. The van der Waals surface area contributed by atoms with Gasteiger partial charge in [-0.1, -0.05) is 94.0 Å². The molecule has 0 rings (SSSR count). The Hall–Kier alpha value is 0.480. The van der Waals surface area contributed by atoms with Crippen LogP contribution in [0.5, 0.6) is 0 Å². The molecular weight excluding hydrogens is 260 g/mol. The summed E-state index contributed by atoms with van der Waals surface area (Å²) in [5.74, 6) is 0.869. The third kappa shape index (κ3) is 12.5. The third-order valence-corrected chi connectivity index (χ3v) is 4.42. The van der Waals surface area contributed by atoms with Gasteiger partial charge in [0.15, 0.2) is 0 Å². The lowest BCUT2D eigenvalue weighted by atomic mass is 10.0. The van der Waals surface area contributed by atoms with Crippen molar-refractivity contribution in [3.8, 4) is 0 Å². The van der Waals surface area contributed by atoms with E-state index >= 15 is 0 Å². The molecule has 0 radical (unpaired) electrons. The van der Waals surface area contributed by atoms with E-state index in [2.05, 4.69) is 29.8 Å². The topological polar surface area (TPSA) is 0 Å². The van der Waals surface area contributed by atoms with Crippen LogP contribution in [-0.2, 0) is 0 Å². The predicted molar refractivity (Wildman–Crippen MR) is 79.4 cm³/mol. The van der Waals surface area contributed by atoms with Gasteiger partial charge in [0.1, 0.15) is 0 Å². The Morgan fingerprint density at radius 1 is 0.750 bits per heavy atom. The van der Waals surface area contributed by atoms with Crippen molar-refractivity contribution in [3.63, 3.8) is 0 Å². The van der Waals surface area contributed by atoms with Gasteiger partial charge in [0.05, 0.1) is 0 Å². The minimum Gasteiger partial charge on any atom is -0.0925 e. The molecule has 0 aliphatic heterocycles. The second-order valence-electron chi connectivity index (χ2n) is 5.23. The van der Waals surface area contributed by atoms with Gasteiger partial charge in [0, 0.05) is 5.33 Å². The zero-order valence-corrected chi connectivity index (χ0v) is 13.0. The minimum atomic E-state index is 0.869. The Balaban J connectivity index is 2.93. The van der Waals surface area contributed by atoms with E-state index in [4.69, 9.17) is 0 Å². The van der Waals surface area contributed by atoms with Gasteiger partial charge < -0.3 is 0 Å². The van der Waals surface area contributed by atoms with Crippen LogP contribution in [0.25, 0.3) is 0 Å². The Labute approximate surface area is 112 Å². The number of halogens is 1. The molecule has 0 heterocycles. The van der Waals surface area contributed by atoms with Gasteiger partial charge >= 0.3 is 0 Å². The molecule has 0 aromatic carbocycles. The second-order valence-corrected chi connectivity index (χ2v) is 5.88. The van der Waals surface area contributed by atoms with Crippen molar-refractivity contribution in [1.29, 1.82) is 0 Å². The van der Waals surface area contributed by atoms with Crippen molar-refractivity contribution in [2.24, 2.45) is 5.92 Å². The molecule has 0 N–H and O–H groups in total. The molecule has 1 heteroatoms. The van der Waals surface area contributed by atoms with Gasteiger partial charge in [-0.05, 0) is 12.3 Å². The van der Waals surface area contributed by atoms with E-state index in [0.717, 1.165) is 5.92 Å². The Kier molecular flexibility index (Phi) is 14.0. The normalized spacial score (nSPS) is 12.9. The lowest BCUT2D eigenvalue weighted by Gasteiger charge is -2.06. The molecule has 0 bridgehead atoms. The van der Waals surface area contributed by atoms with E-state index in [-0.39, 0.29) is 0 Å². The summed E-state index contributed by atoms with van der Waals surface area (Å²) in [6.07, 6.45) is 15.9. The van der Waals surface area contributed by atoms with Crippen LogP contribution in [0.4, 0.5) is 0 Å². The lowest BCUT2D eigenvalue weighted by Crippen LogP contribution is -1.94. The maximum atomic E-state index is 3.54. The molecule has 0 fully saturated rings. The van der Waals surface area contributed by atoms with E-state index in [9.17, 15) is 0 Å². The zero-order valence-electron chi connectivity index (χ0n) is 11.4. The summed E-state index contributed by atoms with van der Waals surface area (Å²) >= 11 is 3.54. The molecule has 0 saturated heterocycles.